The molecular weight excluding hydrogens is 472 g/mol. The molecule has 9 heteroatoms. The Kier molecular flexibility index (Phi) is 5.98. The van der Waals surface area contributed by atoms with Gasteiger partial charge in [-0.1, -0.05) is 31.2 Å². The molecule has 3 aromatic heterocycles. The normalized spacial score (nSPS) is 15.3. The number of carboxylic acids is 1. The first kappa shape index (κ1) is 23.6. The minimum Gasteiger partial charge on any atom is -0.481 e. The average molecular weight is 497 g/mol. The number of aromatic nitrogens is 4. The number of hydrogen-bond acceptors (Lipinski definition) is 7. The molecule has 180 valence electrons. The largest absolute Gasteiger partial charge is 0.481 e. The van der Waals surface area contributed by atoms with Gasteiger partial charge in [0, 0.05) is 34.0 Å². The van der Waals surface area contributed by atoms with Gasteiger partial charge in [-0.05, 0) is 44.4 Å². The number of carbonyl (C=O) groups is 1. The highest BCUT2D eigenvalue weighted by Gasteiger charge is 2.37. The monoisotopic (exact) mass is 496 g/mol. The molecule has 0 amide bonds. The van der Waals surface area contributed by atoms with E-state index in [2.05, 4.69) is 35.1 Å². The molecule has 8 nitrogen and oxygen atoms in total. The zero-order valence-electron chi connectivity index (χ0n) is 20.4. The van der Waals surface area contributed by atoms with Gasteiger partial charge >= 0.3 is 5.97 Å². The van der Waals surface area contributed by atoms with Gasteiger partial charge < -0.3 is 5.11 Å². The second-order valence-electron chi connectivity index (χ2n) is 8.83. The fourth-order valence-electron chi connectivity index (χ4n) is 4.63. The Bertz CT molecular complexity index is 1560. The standard InChI is InChI=1S/C27H24N6O2S/c1-5-21(27(34)35)24-25-32-31-16(4)33(25)26-22(14(2)15(3)36-26)23(30-24)19-8-6-18(7-9-19)20-10-17(11-28)12-29-13-20/h6-10,12-13,21,24H,5H2,1-4H3,(H,34,35)/t21-,24?/m0/s1. The minimum atomic E-state index is -0.906. The fourth-order valence-corrected chi connectivity index (χ4v) is 5.84. The van der Waals surface area contributed by atoms with E-state index in [1.165, 1.54) is 6.20 Å². The minimum absolute atomic E-state index is 0.412. The molecule has 1 aliphatic heterocycles. The lowest BCUT2D eigenvalue weighted by Crippen LogP contribution is -2.23. The van der Waals surface area contributed by atoms with Crippen LogP contribution in [0.15, 0.2) is 47.7 Å². The Hall–Kier alpha value is -4.16. The van der Waals surface area contributed by atoms with E-state index in [1.807, 2.05) is 42.7 Å². The van der Waals surface area contributed by atoms with Crippen molar-refractivity contribution in [3.8, 4) is 22.2 Å². The highest BCUT2D eigenvalue weighted by atomic mass is 32.1. The maximum atomic E-state index is 12.2. The number of aliphatic imine (C=N–C) groups is 1. The second-order valence-corrected chi connectivity index (χ2v) is 10.0. The van der Waals surface area contributed by atoms with Crippen LogP contribution in [0.4, 0.5) is 0 Å². The summed E-state index contributed by atoms with van der Waals surface area (Å²) in [5.41, 5.74) is 5.99. The first-order valence-corrected chi connectivity index (χ1v) is 12.4. The van der Waals surface area contributed by atoms with Crippen molar-refractivity contribution in [1.82, 2.24) is 19.7 Å². The van der Waals surface area contributed by atoms with Crippen LogP contribution in [-0.4, -0.2) is 36.5 Å². The summed E-state index contributed by atoms with van der Waals surface area (Å²) in [6, 6.07) is 11.2. The first-order chi connectivity index (χ1) is 17.3. The predicted molar refractivity (Wildman–Crippen MR) is 138 cm³/mol. The molecule has 0 saturated carbocycles. The van der Waals surface area contributed by atoms with Crippen LogP contribution in [0.25, 0.3) is 16.1 Å². The van der Waals surface area contributed by atoms with Crippen molar-refractivity contribution in [2.45, 2.75) is 40.2 Å². The van der Waals surface area contributed by atoms with E-state index in [1.54, 1.807) is 23.6 Å². The van der Waals surface area contributed by atoms with Crippen molar-refractivity contribution in [1.29, 1.82) is 5.26 Å². The Balaban J connectivity index is 1.71. The van der Waals surface area contributed by atoms with Gasteiger partial charge in [-0.3, -0.25) is 19.3 Å². The van der Waals surface area contributed by atoms with Crippen LogP contribution in [-0.2, 0) is 4.79 Å². The van der Waals surface area contributed by atoms with Crippen molar-refractivity contribution in [2.24, 2.45) is 10.9 Å². The predicted octanol–water partition coefficient (Wildman–Crippen LogP) is 5.19. The van der Waals surface area contributed by atoms with E-state index in [0.717, 1.165) is 43.4 Å². The van der Waals surface area contributed by atoms with Gasteiger partial charge in [-0.15, -0.1) is 21.5 Å². The first-order valence-electron chi connectivity index (χ1n) is 11.6. The lowest BCUT2D eigenvalue weighted by molar-refractivity contribution is -0.142. The van der Waals surface area contributed by atoms with Gasteiger partial charge in [0.1, 0.15) is 22.9 Å². The zero-order chi connectivity index (χ0) is 25.6. The molecule has 1 unspecified atom stereocenters. The van der Waals surface area contributed by atoms with Crippen LogP contribution in [0.5, 0.6) is 0 Å². The SMILES string of the molecule is CC[C@H](C(=O)O)C1N=C(c2ccc(-c3cncc(C#N)c3)cc2)c2c(sc(C)c2C)-n2c(C)nnc21. The number of thiophene rings is 1. The lowest BCUT2D eigenvalue weighted by atomic mass is 9.95. The Morgan fingerprint density at radius 3 is 2.53 bits per heavy atom. The van der Waals surface area contributed by atoms with Crippen molar-refractivity contribution in [2.75, 3.05) is 0 Å². The summed E-state index contributed by atoms with van der Waals surface area (Å²) in [4.78, 5) is 22.7. The van der Waals surface area contributed by atoms with Crippen LogP contribution >= 0.6 is 11.3 Å². The highest BCUT2D eigenvalue weighted by molar-refractivity contribution is 7.15. The Morgan fingerprint density at radius 1 is 1.14 bits per heavy atom. The Morgan fingerprint density at radius 2 is 1.86 bits per heavy atom. The smallest absolute Gasteiger partial charge is 0.309 e. The average Bonchev–Trinajstić information content (AvgIpc) is 3.35. The molecule has 1 aromatic carbocycles. The third-order valence-electron chi connectivity index (χ3n) is 6.69. The number of nitriles is 1. The number of nitrogens with zero attached hydrogens (tertiary/aromatic N) is 6. The summed E-state index contributed by atoms with van der Waals surface area (Å²) in [6.07, 6.45) is 3.68. The van der Waals surface area contributed by atoms with Crippen LogP contribution in [0, 0.1) is 38.0 Å². The van der Waals surface area contributed by atoms with Gasteiger partial charge in [0.25, 0.3) is 0 Å². The van der Waals surface area contributed by atoms with Crippen molar-refractivity contribution in [3.63, 3.8) is 0 Å². The number of benzene rings is 1. The molecule has 0 spiro atoms. The van der Waals surface area contributed by atoms with E-state index in [9.17, 15) is 15.2 Å². The molecule has 1 aliphatic rings. The molecule has 0 bridgehead atoms. The van der Waals surface area contributed by atoms with Gasteiger partial charge in [-0.25, -0.2) is 0 Å². The number of fused-ring (bicyclic) bond motifs is 3. The summed E-state index contributed by atoms with van der Waals surface area (Å²) < 4.78 is 1.97. The molecule has 0 aliphatic carbocycles. The number of aryl methyl sites for hydroxylation is 2. The number of rotatable bonds is 5. The van der Waals surface area contributed by atoms with Gasteiger partial charge in [0.05, 0.1) is 17.2 Å². The summed E-state index contributed by atoms with van der Waals surface area (Å²) >= 11 is 1.64. The van der Waals surface area contributed by atoms with E-state index < -0.39 is 17.9 Å². The third-order valence-corrected chi connectivity index (χ3v) is 7.88. The number of aliphatic carboxylic acids is 1. The second kappa shape index (κ2) is 9.13. The summed E-state index contributed by atoms with van der Waals surface area (Å²) in [6.45, 7) is 7.89. The topological polar surface area (TPSA) is 117 Å². The van der Waals surface area contributed by atoms with Gasteiger partial charge in [-0.2, -0.15) is 5.26 Å². The number of hydrogen-bond donors (Lipinski definition) is 1. The van der Waals surface area contributed by atoms with Gasteiger partial charge in [0.15, 0.2) is 5.82 Å². The zero-order valence-corrected chi connectivity index (χ0v) is 21.2. The maximum Gasteiger partial charge on any atom is 0.309 e. The molecule has 0 radical (unpaired) electrons. The molecule has 0 fully saturated rings. The molecule has 1 N–H and O–H groups in total. The molecule has 0 saturated heterocycles. The molecule has 4 heterocycles. The highest BCUT2D eigenvalue weighted by Crippen LogP contribution is 2.41. The molecule has 5 rings (SSSR count). The molecule has 4 aromatic rings. The van der Waals surface area contributed by atoms with E-state index in [0.29, 0.717) is 23.6 Å². The summed E-state index contributed by atoms with van der Waals surface area (Å²) in [5, 5.41) is 28.9. The fraction of sp³-hybridized carbons (Fsp3) is 0.259. The van der Waals surface area contributed by atoms with Crippen LogP contribution in [0.2, 0.25) is 0 Å². The quantitative estimate of drug-likeness (QED) is 0.406. The van der Waals surface area contributed by atoms with Crippen molar-refractivity contribution < 1.29 is 9.90 Å². The molecular formula is C27H24N6O2S. The van der Waals surface area contributed by atoms with Crippen LogP contribution < -0.4 is 0 Å². The third kappa shape index (κ3) is 3.80. The lowest BCUT2D eigenvalue weighted by Gasteiger charge is -2.18. The maximum absolute atomic E-state index is 12.2. The van der Waals surface area contributed by atoms with Crippen LogP contribution in [0.1, 0.15) is 58.2 Å². The molecule has 2 atom stereocenters. The summed E-state index contributed by atoms with van der Waals surface area (Å²) in [7, 11) is 0. The van der Waals surface area contributed by atoms with Gasteiger partial charge in [0.2, 0.25) is 0 Å². The summed E-state index contributed by atoms with van der Waals surface area (Å²) in [5.74, 6) is -0.391. The molecule has 36 heavy (non-hydrogen) atoms. The van der Waals surface area contributed by atoms with Crippen molar-refractivity contribution in [3.05, 3.63) is 81.5 Å². The van der Waals surface area contributed by atoms with E-state index >= 15 is 0 Å². The van der Waals surface area contributed by atoms with Crippen LogP contribution in [0.3, 0.4) is 0 Å². The Labute approximate surface area is 212 Å². The van der Waals surface area contributed by atoms with E-state index in [-0.39, 0.29) is 0 Å². The van der Waals surface area contributed by atoms with Crippen molar-refractivity contribution >= 4 is 23.0 Å². The van der Waals surface area contributed by atoms with E-state index in [4.69, 9.17) is 4.99 Å². The number of pyridine rings is 1. The number of carboxylic acid groups (broad SMARTS) is 1.